The molecule has 0 radical (unpaired) electrons. The molecule has 0 unspecified atom stereocenters. The molecule has 5 rings (SSSR count). The molecule has 2 aromatic rings. The van der Waals surface area contributed by atoms with Crippen LogP contribution in [0.5, 0.6) is 0 Å². The smallest absolute Gasteiger partial charge is 0.227 e. The first kappa shape index (κ1) is 20.0. The van der Waals surface area contributed by atoms with E-state index in [4.69, 9.17) is 4.74 Å². The number of imidazole rings is 1. The van der Waals surface area contributed by atoms with E-state index >= 15 is 0 Å². The van der Waals surface area contributed by atoms with Crippen molar-refractivity contribution in [1.82, 2.24) is 14.5 Å². The number of piperidine rings is 1. The lowest BCUT2D eigenvalue weighted by Crippen LogP contribution is -2.41. The minimum atomic E-state index is -3.38. The van der Waals surface area contributed by atoms with E-state index in [1.165, 1.54) is 17.4 Å². The predicted molar refractivity (Wildman–Crippen MR) is 116 cm³/mol. The Labute approximate surface area is 178 Å². The number of allylic oxidation sites excluding steroid dienone is 1. The topological polar surface area (TPSA) is 64.4 Å². The summed E-state index contributed by atoms with van der Waals surface area (Å²) in [5, 5.41) is 0.161. The van der Waals surface area contributed by atoms with Gasteiger partial charge in [-0.25, -0.2) is 13.4 Å². The highest BCUT2D eigenvalue weighted by atomic mass is 32.2. The highest BCUT2D eigenvalue weighted by Gasteiger charge is 2.38. The lowest BCUT2D eigenvalue weighted by atomic mass is 9.74. The van der Waals surface area contributed by atoms with Gasteiger partial charge in [-0.3, -0.25) is 4.90 Å². The molecule has 30 heavy (non-hydrogen) atoms. The van der Waals surface area contributed by atoms with Crippen LogP contribution in [0.15, 0.2) is 41.7 Å². The molecule has 2 aliphatic heterocycles. The number of rotatable bonds is 5. The monoisotopic (exact) mass is 427 g/mol. The number of sulfone groups is 1. The number of hydrogen-bond donors (Lipinski definition) is 0. The van der Waals surface area contributed by atoms with E-state index in [1.54, 1.807) is 6.20 Å². The van der Waals surface area contributed by atoms with Crippen molar-refractivity contribution in [2.75, 3.05) is 26.0 Å². The molecule has 2 fully saturated rings. The second-order valence-electron chi connectivity index (χ2n) is 8.90. The summed E-state index contributed by atoms with van der Waals surface area (Å²) in [5.41, 5.74) is 3.92. The van der Waals surface area contributed by atoms with E-state index in [9.17, 15) is 8.42 Å². The molecule has 1 atom stereocenters. The lowest BCUT2D eigenvalue weighted by Gasteiger charge is -2.39. The minimum absolute atomic E-state index is 0.0724. The quantitative estimate of drug-likeness (QED) is 0.734. The SMILES string of the molecule is CS(=O)(=O)c1ncc(CN2CCC3(C=Cc4ccccc43)CC2)n1C[C@@H]1CCCO1. The molecule has 6 nitrogen and oxygen atoms in total. The van der Waals surface area contributed by atoms with Crippen LogP contribution in [0.1, 0.15) is 42.5 Å². The van der Waals surface area contributed by atoms with Gasteiger partial charge >= 0.3 is 0 Å². The van der Waals surface area contributed by atoms with Crippen LogP contribution in [-0.4, -0.2) is 54.9 Å². The highest BCUT2D eigenvalue weighted by Crippen LogP contribution is 2.43. The molecule has 3 heterocycles. The summed E-state index contributed by atoms with van der Waals surface area (Å²) in [4.78, 5) is 6.70. The van der Waals surface area contributed by atoms with Crippen molar-refractivity contribution in [3.05, 3.63) is 53.4 Å². The summed E-state index contributed by atoms with van der Waals surface area (Å²) < 4.78 is 32.2. The number of hydrogen-bond acceptors (Lipinski definition) is 5. The van der Waals surface area contributed by atoms with Gasteiger partial charge in [0.2, 0.25) is 15.0 Å². The van der Waals surface area contributed by atoms with Gasteiger partial charge in [0.1, 0.15) is 0 Å². The van der Waals surface area contributed by atoms with E-state index in [0.29, 0.717) is 6.54 Å². The molecule has 3 aliphatic rings. The Kier molecular flexibility index (Phi) is 5.08. The molecule has 7 heteroatoms. The largest absolute Gasteiger partial charge is 0.376 e. The Bertz CT molecular complexity index is 1060. The fourth-order valence-electron chi connectivity index (χ4n) is 5.21. The highest BCUT2D eigenvalue weighted by molar-refractivity contribution is 7.90. The summed E-state index contributed by atoms with van der Waals surface area (Å²) in [6, 6.07) is 8.70. The van der Waals surface area contributed by atoms with Crippen LogP contribution in [0.2, 0.25) is 0 Å². The number of likely N-dealkylation sites (tertiary alicyclic amines) is 1. The first-order chi connectivity index (χ1) is 14.4. The molecule has 0 N–H and O–H groups in total. The van der Waals surface area contributed by atoms with Crippen molar-refractivity contribution in [3.63, 3.8) is 0 Å². The second kappa shape index (κ2) is 7.62. The molecule has 0 bridgehead atoms. The van der Waals surface area contributed by atoms with E-state index < -0.39 is 9.84 Å². The first-order valence-electron chi connectivity index (χ1n) is 10.8. The molecule has 1 aromatic heterocycles. The summed E-state index contributed by atoms with van der Waals surface area (Å²) in [7, 11) is -3.38. The van der Waals surface area contributed by atoms with Crippen LogP contribution in [-0.2, 0) is 33.1 Å². The van der Waals surface area contributed by atoms with Crippen molar-refractivity contribution in [2.45, 2.75) is 55.4 Å². The van der Waals surface area contributed by atoms with Crippen molar-refractivity contribution in [2.24, 2.45) is 0 Å². The fourth-order valence-corrected chi connectivity index (χ4v) is 6.05. The second-order valence-corrected chi connectivity index (χ2v) is 10.8. The van der Waals surface area contributed by atoms with Crippen molar-refractivity contribution in [1.29, 1.82) is 0 Å². The van der Waals surface area contributed by atoms with Crippen LogP contribution < -0.4 is 0 Å². The van der Waals surface area contributed by atoms with Crippen molar-refractivity contribution < 1.29 is 13.2 Å². The van der Waals surface area contributed by atoms with Crippen LogP contribution >= 0.6 is 0 Å². The van der Waals surface area contributed by atoms with E-state index in [1.807, 2.05) is 4.57 Å². The number of nitrogens with zero attached hydrogens (tertiary/aromatic N) is 3. The van der Waals surface area contributed by atoms with Gasteiger partial charge in [0.05, 0.1) is 24.5 Å². The van der Waals surface area contributed by atoms with Gasteiger partial charge in [-0.15, -0.1) is 0 Å². The van der Waals surface area contributed by atoms with Gasteiger partial charge in [-0.2, -0.15) is 0 Å². The normalized spacial score (nSPS) is 23.3. The molecule has 160 valence electrons. The summed E-state index contributed by atoms with van der Waals surface area (Å²) in [6.45, 7) is 4.00. The molecule has 2 saturated heterocycles. The molecular weight excluding hydrogens is 398 g/mol. The Morgan fingerprint density at radius 2 is 2.03 bits per heavy atom. The minimum Gasteiger partial charge on any atom is -0.376 e. The Hall–Kier alpha value is -1.96. The zero-order valence-electron chi connectivity index (χ0n) is 17.5. The Morgan fingerprint density at radius 1 is 1.23 bits per heavy atom. The Balaban J connectivity index is 1.32. The average molecular weight is 428 g/mol. The van der Waals surface area contributed by atoms with E-state index in [-0.39, 0.29) is 16.7 Å². The molecule has 1 aromatic carbocycles. The standard InChI is InChI=1S/C23H29N3O3S/c1-30(27,28)22-24-15-19(26(22)17-20-6-4-14-29-20)16-25-12-10-23(11-13-25)9-8-18-5-2-3-7-21(18)23/h2-3,5,7-9,15,20H,4,6,10-14,16-17H2,1H3/t20-/m0/s1. The molecule has 1 aliphatic carbocycles. The molecule has 0 saturated carbocycles. The van der Waals surface area contributed by atoms with Gasteiger partial charge in [0.25, 0.3) is 0 Å². The van der Waals surface area contributed by atoms with E-state index in [2.05, 4.69) is 46.3 Å². The zero-order valence-corrected chi connectivity index (χ0v) is 18.3. The maximum Gasteiger partial charge on any atom is 0.227 e. The van der Waals surface area contributed by atoms with Gasteiger partial charge in [-0.05, 0) is 49.9 Å². The maximum absolute atomic E-state index is 12.3. The van der Waals surface area contributed by atoms with Gasteiger partial charge < -0.3 is 9.30 Å². The maximum atomic E-state index is 12.3. The first-order valence-corrected chi connectivity index (χ1v) is 12.7. The van der Waals surface area contributed by atoms with Crippen molar-refractivity contribution >= 4 is 15.9 Å². The lowest BCUT2D eigenvalue weighted by molar-refractivity contribution is 0.0926. The third-order valence-electron chi connectivity index (χ3n) is 6.86. The third-order valence-corrected chi connectivity index (χ3v) is 7.85. The number of fused-ring (bicyclic) bond motifs is 2. The zero-order chi connectivity index (χ0) is 20.8. The van der Waals surface area contributed by atoms with Crippen LogP contribution in [0.3, 0.4) is 0 Å². The molecule has 0 amide bonds. The van der Waals surface area contributed by atoms with Gasteiger partial charge in [-0.1, -0.05) is 36.4 Å². The molecular formula is C23H29N3O3S. The van der Waals surface area contributed by atoms with Gasteiger partial charge in [0.15, 0.2) is 0 Å². The number of aromatic nitrogens is 2. The van der Waals surface area contributed by atoms with E-state index in [0.717, 1.165) is 57.6 Å². The third kappa shape index (κ3) is 3.63. The number of ether oxygens (including phenoxy) is 1. The summed E-state index contributed by atoms with van der Waals surface area (Å²) in [6.07, 6.45) is 11.9. The predicted octanol–water partition coefficient (Wildman–Crippen LogP) is 3.03. The summed E-state index contributed by atoms with van der Waals surface area (Å²) >= 11 is 0. The van der Waals surface area contributed by atoms with Crippen molar-refractivity contribution in [3.8, 4) is 0 Å². The van der Waals surface area contributed by atoms with Crippen LogP contribution in [0, 0.1) is 0 Å². The number of benzene rings is 1. The van der Waals surface area contributed by atoms with Crippen LogP contribution in [0.25, 0.3) is 6.08 Å². The van der Waals surface area contributed by atoms with Gasteiger partial charge in [0, 0.05) is 24.8 Å². The Morgan fingerprint density at radius 3 is 2.77 bits per heavy atom. The fraction of sp³-hybridized carbons (Fsp3) is 0.522. The van der Waals surface area contributed by atoms with Crippen LogP contribution in [0.4, 0.5) is 0 Å². The molecule has 1 spiro atoms. The summed E-state index contributed by atoms with van der Waals surface area (Å²) in [5.74, 6) is 0. The average Bonchev–Trinajstić information content (AvgIpc) is 3.45.